The van der Waals surface area contributed by atoms with Gasteiger partial charge in [-0.3, -0.25) is 4.79 Å². The number of esters is 1. The maximum atomic E-state index is 13.5. The minimum absolute atomic E-state index is 0.235. The van der Waals surface area contributed by atoms with Gasteiger partial charge in [-0.15, -0.1) is 9.24 Å². The Morgan fingerprint density at radius 1 is 0.750 bits per heavy atom. The molecule has 0 aliphatic rings. The van der Waals surface area contributed by atoms with E-state index in [2.05, 4.69) is 33.5 Å². The largest absolute Gasteiger partial charge is 0.459 e. The van der Waals surface area contributed by atoms with Crippen LogP contribution < -0.4 is 0 Å². The topological polar surface area (TPSA) is 26.3 Å². The Labute approximate surface area is 170 Å². The van der Waals surface area contributed by atoms with E-state index in [0.717, 1.165) is 16.7 Å². The van der Waals surface area contributed by atoms with Crippen LogP contribution >= 0.6 is 9.24 Å². The third kappa shape index (κ3) is 4.34. The standard InChI is InChI=1S/C25H27O2P/c1-24(2,3)27-23(26)22(19-13-7-4-8-14-19)25(28,20-15-9-5-10-16-20)21-17-11-6-12-18-21/h4-18,22H,28H2,1-3H3. The van der Waals surface area contributed by atoms with Gasteiger partial charge in [-0.25, -0.2) is 0 Å². The molecule has 0 saturated heterocycles. The molecule has 144 valence electrons. The fourth-order valence-corrected chi connectivity index (χ4v) is 4.23. The van der Waals surface area contributed by atoms with Gasteiger partial charge in [0.25, 0.3) is 0 Å². The molecule has 0 fully saturated rings. The summed E-state index contributed by atoms with van der Waals surface area (Å²) < 4.78 is 5.89. The summed E-state index contributed by atoms with van der Waals surface area (Å²) in [6.45, 7) is 5.72. The minimum atomic E-state index is -0.661. The highest BCUT2D eigenvalue weighted by Crippen LogP contribution is 2.50. The van der Waals surface area contributed by atoms with E-state index in [-0.39, 0.29) is 5.97 Å². The number of carbonyl (C=O) groups excluding carboxylic acids is 1. The molecule has 0 N–H and O–H groups in total. The molecule has 2 unspecified atom stereocenters. The molecular formula is C25H27O2P. The lowest BCUT2D eigenvalue weighted by Crippen LogP contribution is -2.38. The van der Waals surface area contributed by atoms with Crippen molar-refractivity contribution in [1.29, 1.82) is 0 Å². The summed E-state index contributed by atoms with van der Waals surface area (Å²) in [5, 5.41) is -0.661. The van der Waals surface area contributed by atoms with E-state index in [4.69, 9.17) is 4.74 Å². The van der Waals surface area contributed by atoms with E-state index >= 15 is 0 Å². The molecule has 3 rings (SSSR count). The van der Waals surface area contributed by atoms with Crippen LogP contribution in [0, 0.1) is 0 Å². The second-order valence-electron chi connectivity index (χ2n) is 7.98. The smallest absolute Gasteiger partial charge is 0.315 e. The van der Waals surface area contributed by atoms with Crippen molar-refractivity contribution in [2.24, 2.45) is 0 Å². The highest BCUT2D eigenvalue weighted by atomic mass is 31.0. The number of hydrogen-bond acceptors (Lipinski definition) is 2. The van der Waals surface area contributed by atoms with Crippen LogP contribution in [0.25, 0.3) is 0 Å². The Bertz CT molecular complexity index is 860. The van der Waals surface area contributed by atoms with E-state index < -0.39 is 16.7 Å². The lowest BCUT2D eigenvalue weighted by atomic mass is 9.76. The Balaban J connectivity index is 2.24. The van der Waals surface area contributed by atoms with Crippen LogP contribution in [0.1, 0.15) is 43.4 Å². The quantitative estimate of drug-likeness (QED) is 0.399. The fraction of sp³-hybridized carbons (Fsp3) is 0.240. The van der Waals surface area contributed by atoms with Gasteiger partial charge >= 0.3 is 5.97 Å². The lowest BCUT2D eigenvalue weighted by molar-refractivity contribution is -0.157. The molecule has 0 aliphatic carbocycles. The molecule has 3 aromatic rings. The van der Waals surface area contributed by atoms with Crippen molar-refractivity contribution in [3.05, 3.63) is 108 Å². The summed E-state index contributed by atoms with van der Waals surface area (Å²) >= 11 is 0. The molecule has 2 atom stereocenters. The van der Waals surface area contributed by atoms with Gasteiger partial charge in [0.15, 0.2) is 0 Å². The number of benzene rings is 3. The normalized spacial score (nSPS) is 13.0. The van der Waals surface area contributed by atoms with Gasteiger partial charge in [0.05, 0.1) is 11.1 Å². The van der Waals surface area contributed by atoms with Crippen molar-refractivity contribution >= 4 is 15.2 Å². The molecule has 0 heterocycles. The number of ether oxygens (including phenoxy) is 1. The third-order valence-corrected chi connectivity index (χ3v) is 5.73. The van der Waals surface area contributed by atoms with Crippen LogP contribution in [-0.4, -0.2) is 11.6 Å². The van der Waals surface area contributed by atoms with E-state index in [0.29, 0.717) is 0 Å². The van der Waals surface area contributed by atoms with Crippen LogP contribution in [0.4, 0.5) is 0 Å². The molecule has 0 radical (unpaired) electrons. The number of rotatable bonds is 5. The summed E-state index contributed by atoms with van der Waals surface area (Å²) in [7, 11) is 2.97. The molecule has 0 aromatic heterocycles. The highest BCUT2D eigenvalue weighted by molar-refractivity contribution is 7.19. The van der Waals surface area contributed by atoms with Crippen LogP contribution in [0.3, 0.4) is 0 Å². The summed E-state index contributed by atoms with van der Waals surface area (Å²) in [5.41, 5.74) is 2.46. The van der Waals surface area contributed by atoms with Crippen LogP contribution in [0.5, 0.6) is 0 Å². The van der Waals surface area contributed by atoms with Crippen molar-refractivity contribution in [3.8, 4) is 0 Å². The zero-order valence-corrected chi connectivity index (χ0v) is 17.8. The SMILES string of the molecule is CC(C)(C)OC(=O)C(c1ccccc1)C(P)(c1ccccc1)c1ccccc1. The molecule has 2 nitrogen and oxygen atoms in total. The molecule has 0 amide bonds. The average Bonchev–Trinajstić information content (AvgIpc) is 2.69. The van der Waals surface area contributed by atoms with E-state index in [1.807, 2.05) is 87.5 Å². The van der Waals surface area contributed by atoms with E-state index in [9.17, 15) is 4.79 Å². The zero-order valence-electron chi connectivity index (χ0n) is 16.6. The number of hydrogen-bond donors (Lipinski definition) is 0. The fourth-order valence-electron chi connectivity index (χ4n) is 3.52. The maximum absolute atomic E-state index is 13.5. The predicted octanol–water partition coefficient (Wildman–Crippen LogP) is 5.93. The van der Waals surface area contributed by atoms with Crippen molar-refractivity contribution in [2.75, 3.05) is 0 Å². The molecule has 3 heteroatoms. The summed E-state index contributed by atoms with van der Waals surface area (Å²) in [6, 6.07) is 30.2. The van der Waals surface area contributed by atoms with E-state index in [1.165, 1.54) is 0 Å². The number of carbonyl (C=O) groups is 1. The predicted molar refractivity (Wildman–Crippen MR) is 118 cm³/mol. The maximum Gasteiger partial charge on any atom is 0.315 e. The van der Waals surface area contributed by atoms with Crippen LogP contribution in [-0.2, 0) is 14.7 Å². The molecule has 3 aromatic carbocycles. The Morgan fingerprint density at radius 2 is 1.14 bits per heavy atom. The second-order valence-corrected chi connectivity index (χ2v) is 8.89. The van der Waals surface area contributed by atoms with Crippen LogP contribution in [0.2, 0.25) is 0 Å². The lowest BCUT2D eigenvalue weighted by Gasteiger charge is -2.39. The van der Waals surface area contributed by atoms with Crippen molar-refractivity contribution < 1.29 is 9.53 Å². The molecule has 0 aliphatic heterocycles. The minimum Gasteiger partial charge on any atom is -0.459 e. The van der Waals surface area contributed by atoms with Gasteiger partial charge in [0.1, 0.15) is 5.60 Å². The Morgan fingerprint density at radius 3 is 1.54 bits per heavy atom. The van der Waals surface area contributed by atoms with Gasteiger partial charge in [-0.2, -0.15) is 0 Å². The summed E-state index contributed by atoms with van der Waals surface area (Å²) in [6.07, 6.45) is 0. The Kier molecular flexibility index (Phi) is 6.01. The van der Waals surface area contributed by atoms with Crippen molar-refractivity contribution in [3.63, 3.8) is 0 Å². The van der Waals surface area contributed by atoms with Gasteiger partial charge in [-0.05, 0) is 37.5 Å². The molecular weight excluding hydrogens is 363 g/mol. The third-order valence-electron chi connectivity index (χ3n) is 4.73. The van der Waals surface area contributed by atoms with Gasteiger partial charge in [0, 0.05) is 0 Å². The van der Waals surface area contributed by atoms with Gasteiger partial charge < -0.3 is 4.74 Å². The molecule has 0 bridgehead atoms. The first kappa shape index (κ1) is 20.3. The highest BCUT2D eigenvalue weighted by Gasteiger charge is 2.45. The first-order valence-corrected chi connectivity index (χ1v) is 10.1. The monoisotopic (exact) mass is 390 g/mol. The molecule has 28 heavy (non-hydrogen) atoms. The van der Waals surface area contributed by atoms with Gasteiger partial charge in [0.2, 0.25) is 0 Å². The summed E-state index contributed by atoms with van der Waals surface area (Å²) in [4.78, 5) is 13.5. The van der Waals surface area contributed by atoms with Crippen molar-refractivity contribution in [2.45, 2.75) is 37.4 Å². The first-order chi connectivity index (χ1) is 13.3. The van der Waals surface area contributed by atoms with Crippen LogP contribution in [0.15, 0.2) is 91.0 Å². The van der Waals surface area contributed by atoms with Gasteiger partial charge in [-0.1, -0.05) is 91.0 Å². The summed E-state index contributed by atoms with van der Waals surface area (Å²) in [5.74, 6) is -0.746. The molecule has 0 spiro atoms. The zero-order chi connectivity index (χ0) is 20.2. The van der Waals surface area contributed by atoms with Crippen molar-refractivity contribution in [1.82, 2.24) is 0 Å². The Hall–Kier alpha value is -2.44. The molecule has 0 saturated carbocycles. The average molecular weight is 390 g/mol. The first-order valence-electron chi connectivity index (χ1n) is 9.50. The second kappa shape index (κ2) is 8.29. The van der Waals surface area contributed by atoms with E-state index in [1.54, 1.807) is 0 Å².